The van der Waals surface area contributed by atoms with Crippen LogP contribution in [0.2, 0.25) is 0 Å². The molecule has 0 aliphatic heterocycles. The summed E-state index contributed by atoms with van der Waals surface area (Å²) in [5.41, 5.74) is 4.20. The molecular formula is C26H24N2O5S2. The maximum Gasteiger partial charge on any atom is 0.267 e. The van der Waals surface area contributed by atoms with Crippen molar-refractivity contribution in [2.45, 2.75) is 36.2 Å². The first kappa shape index (κ1) is 23.3. The number of nitrogens with zero attached hydrogens (tertiary/aromatic N) is 2. The maximum absolute atomic E-state index is 13.1. The number of fused-ring (bicyclic) bond motifs is 2. The summed E-state index contributed by atoms with van der Waals surface area (Å²) in [5, 5.41) is 11.0. The van der Waals surface area contributed by atoms with E-state index in [1.165, 1.54) is 24.8 Å². The Hall–Kier alpha value is -3.40. The van der Waals surface area contributed by atoms with Gasteiger partial charge in [-0.05, 0) is 54.8 Å². The van der Waals surface area contributed by atoms with Gasteiger partial charge >= 0.3 is 0 Å². The fourth-order valence-corrected chi connectivity index (χ4v) is 6.59. The van der Waals surface area contributed by atoms with E-state index < -0.39 is 26.2 Å². The van der Waals surface area contributed by atoms with Crippen LogP contribution in [0.3, 0.4) is 0 Å². The standard InChI is InChI=1S/C26H24N2O5S2/c1-18-3-9-23(10-4-18)34(30,31)27-14-20-7-8-21-15-28(17-25(21)26(29)13-22(20)16-27)35(32,33)24-11-5-19(2)6-12-24/h3-12,14-17,26,29H,13H2,1-2H3/b8-7-. The van der Waals surface area contributed by atoms with E-state index in [2.05, 4.69) is 0 Å². The van der Waals surface area contributed by atoms with Gasteiger partial charge in [0.2, 0.25) is 0 Å². The van der Waals surface area contributed by atoms with Crippen LogP contribution in [0.4, 0.5) is 0 Å². The number of hydrogen-bond acceptors (Lipinski definition) is 5. The van der Waals surface area contributed by atoms with Gasteiger partial charge in [0.1, 0.15) is 0 Å². The van der Waals surface area contributed by atoms with Crippen LogP contribution in [0.15, 0.2) is 83.1 Å². The van der Waals surface area contributed by atoms with Gasteiger partial charge in [0.25, 0.3) is 20.0 Å². The quantitative estimate of drug-likeness (QED) is 0.447. The van der Waals surface area contributed by atoms with Crippen molar-refractivity contribution in [1.29, 1.82) is 0 Å². The highest BCUT2D eigenvalue weighted by atomic mass is 32.2. The second-order valence-corrected chi connectivity index (χ2v) is 12.4. The van der Waals surface area contributed by atoms with Crippen LogP contribution >= 0.6 is 0 Å². The third-order valence-corrected chi connectivity index (χ3v) is 9.46. The Morgan fingerprint density at radius 2 is 1.14 bits per heavy atom. The second-order valence-electron chi connectivity index (χ2n) is 8.76. The third-order valence-electron chi connectivity index (χ3n) is 6.19. The van der Waals surface area contributed by atoms with E-state index in [-0.39, 0.29) is 16.2 Å². The van der Waals surface area contributed by atoms with Crippen molar-refractivity contribution in [3.8, 4) is 0 Å². The molecule has 0 saturated carbocycles. The van der Waals surface area contributed by atoms with Gasteiger partial charge in [-0.3, -0.25) is 0 Å². The average Bonchev–Trinajstić information content (AvgIpc) is 3.42. The summed E-state index contributed by atoms with van der Waals surface area (Å²) in [4.78, 5) is 0.332. The maximum atomic E-state index is 13.1. The van der Waals surface area contributed by atoms with Crippen molar-refractivity contribution in [1.82, 2.24) is 7.94 Å². The smallest absolute Gasteiger partial charge is 0.267 e. The van der Waals surface area contributed by atoms with E-state index in [0.717, 1.165) is 19.1 Å². The van der Waals surface area contributed by atoms with Gasteiger partial charge in [-0.2, -0.15) is 0 Å². The first-order valence-electron chi connectivity index (χ1n) is 11.0. The summed E-state index contributed by atoms with van der Waals surface area (Å²) in [7, 11) is -7.61. The van der Waals surface area contributed by atoms with Crippen LogP contribution in [0.25, 0.3) is 12.2 Å². The number of aryl methyl sites for hydroxylation is 2. The number of aliphatic hydroxyl groups is 1. The molecule has 1 unspecified atom stereocenters. The summed E-state index contributed by atoms with van der Waals surface area (Å²) >= 11 is 0. The number of rotatable bonds is 4. The van der Waals surface area contributed by atoms with Crippen molar-refractivity contribution in [3.63, 3.8) is 0 Å². The Bertz CT molecular complexity index is 1660. The first-order chi connectivity index (χ1) is 16.6. The molecule has 1 N–H and O–H groups in total. The lowest BCUT2D eigenvalue weighted by Crippen LogP contribution is -2.11. The van der Waals surface area contributed by atoms with Crippen LogP contribution in [-0.4, -0.2) is 29.9 Å². The number of hydrogen-bond donors (Lipinski definition) is 1. The van der Waals surface area contributed by atoms with Crippen LogP contribution in [0.5, 0.6) is 0 Å². The predicted octanol–water partition coefficient (Wildman–Crippen LogP) is 4.14. The number of aromatic nitrogens is 2. The van der Waals surface area contributed by atoms with Gasteiger partial charge in [-0.15, -0.1) is 0 Å². The Morgan fingerprint density at radius 1 is 0.686 bits per heavy atom. The van der Waals surface area contributed by atoms with Gasteiger partial charge in [-0.1, -0.05) is 47.5 Å². The first-order valence-corrected chi connectivity index (χ1v) is 13.9. The highest BCUT2D eigenvalue weighted by Crippen LogP contribution is 2.32. The molecule has 0 radical (unpaired) electrons. The lowest BCUT2D eigenvalue weighted by atomic mass is 9.96. The average molecular weight is 509 g/mol. The van der Waals surface area contributed by atoms with Gasteiger partial charge < -0.3 is 5.11 Å². The molecule has 1 aliphatic carbocycles. The van der Waals surface area contributed by atoms with Crippen LogP contribution in [0, 0.1) is 13.8 Å². The molecule has 1 aliphatic rings. The zero-order chi connectivity index (χ0) is 25.0. The van der Waals surface area contributed by atoms with Crippen molar-refractivity contribution in [2.75, 3.05) is 0 Å². The van der Waals surface area contributed by atoms with Crippen molar-refractivity contribution < 1.29 is 21.9 Å². The molecule has 5 rings (SSSR count). The molecule has 7 nitrogen and oxygen atoms in total. The zero-order valence-electron chi connectivity index (χ0n) is 19.2. The normalized spacial score (nSPS) is 16.7. The molecule has 1 atom stereocenters. The van der Waals surface area contributed by atoms with Gasteiger partial charge in [-0.25, -0.2) is 24.8 Å². The highest BCUT2D eigenvalue weighted by Gasteiger charge is 2.25. The minimum atomic E-state index is -3.82. The Balaban J connectivity index is 1.51. The van der Waals surface area contributed by atoms with Gasteiger partial charge in [0.05, 0.1) is 15.9 Å². The molecule has 2 heterocycles. The molecule has 0 amide bonds. The monoisotopic (exact) mass is 508 g/mol. The molecule has 2 aromatic carbocycles. The topological polar surface area (TPSA) is 98.4 Å². The molecule has 2 aromatic heterocycles. The Morgan fingerprint density at radius 3 is 1.69 bits per heavy atom. The highest BCUT2D eigenvalue weighted by molar-refractivity contribution is 7.90. The fraction of sp³-hybridized carbons (Fsp3) is 0.154. The van der Waals surface area contributed by atoms with Crippen molar-refractivity contribution >= 4 is 32.2 Å². The Labute approximate surface area is 204 Å². The van der Waals surface area contributed by atoms with E-state index in [0.29, 0.717) is 22.3 Å². The van der Waals surface area contributed by atoms with E-state index in [1.807, 2.05) is 13.8 Å². The molecule has 0 fully saturated rings. The van der Waals surface area contributed by atoms with Crippen LogP contribution < -0.4 is 0 Å². The fourth-order valence-electron chi connectivity index (χ4n) is 4.12. The molecule has 180 valence electrons. The summed E-state index contributed by atoms with van der Waals surface area (Å²) in [6.45, 7) is 3.77. The van der Waals surface area contributed by atoms with E-state index in [1.54, 1.807) is 60.7 Å². The third kappa shape index (κ3) is 4.16. The summed E-state index contributed by atoms with van der Waals surface area (Å²) in [6, 6.07) is 13.2. The lowest BCUT2D eigenvalue weighted by molar-refractivity contribution is 0.178. The van der Waals surface area contributed by atoms with E-state index in [9.17, 15) is 21.9 Å². The zero-order valence-corrected chi connectivity index (χ0v) is 20.8. The summed E-state index contributed by atoms with van der Waals surface area (Å²) < 4.78 is 54.7. The Kier molecular flexibility index (Phi) is 5.58. The number of benzene rings is 2. The molecular weight excluding hydrogens is 484 g/mol. The SMILES string of the molecule is Cc1ccc(S(=O)(=O)n2cc3c(c2)CC(O)c2cn(S(=O)(=O)c4ccc(C)cc4)cc2/C=C\3)cc1. The van der Waals surface area contributed by atoms with Crippen molar-refractivity contribution in [3.05, 3.63) is 107 Å². The minimum absolute atomic E-state index is 0.137. The van der Waals surface area contributed by atoms with Gasteiger partial charge in [0, 0.05) is 36.8 Å². The molecule has 4 aromatic rings. The second kappa shape index (κ2) is 8.37. The number of aliphatic hydroxyl groups excluding tert-OH is 1. The van der Waals surface area contributed by atoms with E-state index >= 15 is 0 Å². The molecule has 9 heteroatoms. The van der Waals surface area contributed by atoms with Gasteiger partial charge in [0.15, 0.2) is 0 Å². The minimum Gasteiger partial charge on any atom is -0.388 e. The molecule has 0 spiro atoms. The molecule has 0 bridgehead atoms. The van der Waals surface area contributed by atoms with Crippen LogP contribution in [-0.2, 0) is 26.5 Å². The predicted molar refractivity (Wildman–Crippen MR) is 134 cm³/mol. The molecule has 35 heavy (non-hydrogen) atoms. The van der Waals surface area contributed by atoms with E-state index in [4.69, 9.17) is 0 Å². The summed E-state index contributed by atoms with van der Waals surface area (Å²) in [6.07, 6.45) is 8.46. The molecule has 0 saturated heterocycles. The summed E-state index contributed by atoms with van der Waals surface area (Å²) in [5.74, 6) is 0. The van der Waals surface area contributed by atoms with Crippen LogP contribution in [0.1, 0.15) is 39.5 Å². The van der Waals surface area contributed by atoms with Crippen molar-refractivity contribution in [2.24, 2.45) is 0 Å². The largest absolute Gasteiger partial charge is 0.388 e. The lowest BCUT2D eigenvalue weighted by Gasteiger charge is -2.12.